The Kier molecular flexibility index (Phi) is 4.31. The van der Waals surface area contributed by atoms with Crippen LogP contribution in [0.25, 0.3) is 0 Å². The summed E-state index contributed by atoms with van der Waals surface area (Å²) in [5.41, 5.74) is 0.712. The van der Waals surface area contributed by atoms with E-state index in [1.54, 1.807) is 11.3 Å². The highest BCUT2D eigenvalue weighted by Crippen LogP contribution is 2.25. The Hall–Kier alpha value is -0.710. The van der Waals surface area contributed by atoms with Crippen LogP contribution in [0.3, 0.4) is 0 Å². The fraction of sp³-hybridized carbons (Fsp3) is 0.231. The van der Waals surface area contributed by atoms with Crippen molar-refractivity contribution in [2.75, 3.05) is 7.05 Å². The second-order valence-electron chi connectivity index (χ2n) is 3.79. The van der Waals surface area contributed by atoms with E-state index < -0.39 is 0 Å². The molecule has 0 aliphatic heterocycles. The van der Waals surface area contributed by atoms with E-state index in [1.807, 2.05) is 30.6 Å². The smallest absolute Gasteiger partial charge is 0.129 e. The average molecular weight is 314 g/mol. The first kappa shape index (κ1) is 12.7. The van der Waals surface area contributed by atoms with Crippen LogP contribution in [0, 0.1) is 5.82 Å². The molecule has 0 saturated heterocycles. The van der Waals surface area contributed by atoms with E-state index in [2.05, 4.69) is 27.3 Å². The summed E-state index contributed by atoms with van der Waals surface area (Å²) >= 11 is 4.97. The molecule has 0 saturated carbocycles. The monoisotopic (exact) mass is 313 g/mol. The van der Waals surface area contributed by atoms with Gasteiger partial charge in [-0.15, -0.1) is 11.3 Å². The molecule has 0 amide bonds. The van der Waals surface area contributed by atoms with E-state index in [-0.39, 0.29) is 11.9 Å². The molecule has 0 radical (unpaired) electrons. The van der Waals surface area contributed by atoms with Crippen molar-refractivity contribution in [2.24, 2.45) is 0 Å². The molecule has 0 fully saturated rings. The molecule has 1 atom stereocenters. The molecule has 2 aromatic rings. The summed E-state index contributed by atoms with van der Waals surface area (Å²) in [7, 11) is 1.86. The first-order chi connectivity index (χ1) is 8.20. The molecule has 1 unspecified atom stereocenters. The van der Waals surface area contributed by atoms with Gasteiger partial charge >= 0.3 is 0 Å². The summed E-state index contributed by atoms with van der Waals surface area (Å²) < 4.78 is 14.6. The molecule has 90 valence electrons. The van der Waals surface area contributed by atoms with Crippen molar-refractivity contribution in [3.05, 3.63) is 56.4 Å². The van der Waals surface area contributed by atoms with Crippen molar-refractivity contribution in [1.29, 1.82) is 0 Å². The minimum absolute atomic E-state index is 0.0155. The number of thiophene rings is 1. The first-order valence-electron chi connectivity index (χ1n) is 5.35. The highest BCUT2D eigenvalue weighted by Gasteiger charge is 2.15. The lowest BCUT2D eigenvalue weighted by atomic mass is 10.0. The molecule has 1 N–H and O–H groups in total. The van der Waals surface area contributed by atoms with Crippen molar-refractivity contribution in [1.82, 2.24) is 5.32 Å². The molecule has 0 spiro atoms. The highest BCUT2D eigenvalue weighted by molar-refractivity contribution is 9.10. The maximum atomic E-state index is 13.8. The molecule has 1 aromatic heterocycles. The average Bonchev–Trinajstić information content (AvgIpc) is 2.79. The third-order valence-electron chi connectivity index (χ3n) is 2.67. The van der Waals surface area contributed by atoms with Gasteiger partial charge < -0.3 is 5.32 Å². The maximum Gasteiger partial charge on any atom is 0.129 e. The van der Waals surface area contributed by atoms with E-state index in [1.165, 1.54) is 10.9 Å². The summed E-state index contributed by atoms with van der Waals surface area (Å²) in [6, 6.07) is 9.32. The van der Waals surface area contributed by atoms with Gasteiger partial charge in [0.25, 0.3) is 0 Å². The van der Waals surface area contributed by atoms with Crippen LogP contribution in [0.4, 0.5) is 4.39 Å². The van der Waals surface area contributed by atoms with E-state index in [0.717, 1.165) is 10.9 Å². The van der Waals surface area contributed by atoms with Crippen molar-refractivity contribution in [2.45, 2.75) is 12.5 Å². The van der Waals surface area contributed by atoms with Crippen LogP contribution < -0.4 is 5.32 Å². The normalized spacial score (nSPS) is 12.6. The number of benzene rings is 1. The zero-order chi connectivity index (χ0) is 12.3. The van der Waals surface area contributed by atoms with Crippen molar-refractivity contribution >= 4 is 27.3 Å². The van der Waals surface area contributed by atoms with Crippen molar-refractivity contribution in [3.63, 3.8) is 0 Å². The van der Waals surface area contributed by atoms with Gasteiger partial charge in [-0.3, -0.25) is 0 Å². The van der Waals surface area contributed by atoms with Crippen LogP contribution in [0.15, 0.2) is 40.2 Å². The minimum Gasteiger partial charge on any atom is -0.313 e. The molecule has 2 rings (SSSR count). The van der Waals surface area contributed by atoms with Gasteiger partial charge in [0.05, 0.1) is 0 Å². The Bertz CT molecular complexity index is 484. The SMILES string of the molecule is CNC(Cc1cccs1)c1ccc(Br)cc1F. The molecule has 0 aliphatic rings. The number of halogens is 2. The zero-order valence-electron chi connectivity index (χ0n) is 9.41. The van der Waals surface area contributed by atoms with Gasteiger partial charge in [-0.25, -0.2) is 4.39 Å². The van der Waals surface area contributed by atoms with Crippen LogP contribution in [-0.4, -0.2) is 7.05 Å². The Balaban J connectivity index is 2.23. The Morgan fingerprint density at radius 2 is 2.24 bits per heavy atom. The maximum absolute atomic E-state index is 13.8. The molecule has 1 nitrogen and oxygen atoms in total. The van der Waals surface area contributed by atoms with Crippen LogP contribution in [0.1, 0.15) is 16.5 Å². The Morgan fingerprint density at radius 3 is 2.82 bits per heavy atom. The van der Waals surface area contributed by atoms with E-state index in [0.29, 0.717) is 5.56 Å². The quantitative estimate of drug-likeness (QED) is 0.894. The largest absolute Gasteiger partial charge is 0.313 e. The molecule has 17 heavy (non-hydrogen) atoms. The standard InChI is InChI=1S/C13H13BrFNS/c1-16-13(8-10-3-2-6-17-10)11-5-4-9(14)7-12(11)15/h2-7,13,16H,8H2,1H3. The van der Waals surface area contributed by atoms with Crippen LogP contribution in [0.2, 0.25) is 0 Å². The Morgan fingerprint density at radius 1 is 1.41 bits per heavy atom. The van der Waals surface area contributed by atoms with Crippen LogP contribution >= 0.6 is 27.3 Å². The van der Waals surface area contributed by atoms with Gasteiger partial charge in [0.1, 0.15) is 5.82 Å². The number of hydrogen-bond donors (Lipinski definition) is 1. The van der Waals surface area contributed by atoms with Crippen LogP contribution in [0.5, 0.6) is 0 Å². The third kappa shape index (κ3) is 3.15. The van der Waals surface area contributed by atoms with Crippen molar-refractivity contribution < 1.29 is 4.39 Å². The van der Waals surface area contributed by atoms with Gasteiger partial charge in [0, 0.05) is 27.4 Å². The first-order valence-corrected chi connectivity index (χ1v) is 7.02. The van der Waals surface area contributed by atoms with Gasteiger partial charge in [-0.2, -0.15) is 0 Å². The van der Waals surface area contributed by atoms with Gasteiger partial charge in [-0.05, 0) is 30.6 Å². The summed E-state index contributed by atoms with van der Waals surface area (Å²) in [5, 5.41) is 5.21. The lowest BCUT2D eigenvalue weighted by Gasteiger charge is -2.16. The topological polar surface area (TPSA) is 12.0 Å². The molecule has 0 bridgehead atoms. The predicted molar refractivity (Wildman–Crippen MR) is 73.9 cm³/mol. The second kappa shape index (κ2) is 5.76. The predicted octanol–water partition coefficient (Wildman–Crippen LogP) is 4.15. The van der Waals surface area contributed by atoms with Crippen molar-refractivity contribution in [3.8, 4) is 0 Å². The van der Waals surface area contributed by atoms with Gasteiger partial charge in [0.2, 0.25) is 0 Å². The number of nitrogens with one attached hydrogen (secondary N) is 1. The summed E-state index contributed by atoms with van der Waals surface area (Å²) in [6.45, 7) is 0. The molecule has 0 aliphatic carbocycles. The Labute approximate surface area is 113 Å². The molecule has 1 heterocycles. The highest BCUT2D eigenvalue weighted by atomic mass is 79.9. The fourth-order valence-electron chi connectivity index (χ4n) is 1.78. The van der Waals surface area contributed by atoms with E-state index in [4.69, 9.17) is 0 Å². The van der Waals surface area contributed by atoms with E-state index >= 15 is 0 Å². The minimum atomic E-state index is -0.171. The van der Waals surface area contributed by atoms with Gasteiger partial charge in [0.15, 0.2) is 0 Å². The van der Waals surface area contributed by atoms with Crippen LogP contribution in [-0.2, 0) is 6.42 Å². The molecular formula is C13H13BrFNS. The summed E-state index contributed by atoms with van der Waals surface area (Å²) in [4.78, 5) is 1.26. The molecule has 4 heteroatoms. The lowest BCUT2D eigenvalue weighted by molar-refractivity contribution is 0.536. The molecule has 1 aromatic carbocycles. The van der Waals surface area contributed by atoms with Gasteiger partial charge in [-0.1, -0.05) is 28.1 Å². The van der Waals surface area contributed by atoms with E-state index in [9.17, 15) is 4.39 Å². The second-order valence-corrected chi connectivity index (χ2v) is 5.74. The number of hydrogen-bond acceptors (Lipinski definition) is 2. The lowest BCUT2D eigenvalue weighted by Crippen LogP contribution is -2.19. The number of likely N-dealkylation sites (N-methyl/N-ethyl adjacent to an activating group) is 1. The fourth-order valence-corrected chi connectivity index (χ4v) is 2.87. The molecular weight excluding hydrogens is 301 g/mol. The zero-order valence-corrected chi connectivity index (χ0v) is 11.8. The summed E-state index contributed by atoms with van der Waals surface area (Å²) in [5.74, 6) is -0.171. The third-order valence-corrected chi connectivity index (χ3v) is 4.06. The summed E-state index contributed by atoms with van der Waals surface area (Å²) in [6.07, 6.45) is 0.812. The number of rotatable bonds is 4.